The molecule has 666 valence electrons. The molecule has 1 aromatic rings. The molecule has 0 aromatic heterocycles. The van der Waals surface area contributed by atoms with E-state index in [4.69, 9.17) is 10.2 Å². The van der Waals surface area contributed by atoms with Crippen molar-refractivity contribution in [1.29, 1.82) is 0 Å². The summed E-state index contributed by atoms with van der Waals surface area (Å²) < 4.78 is 0. The number of rotatable bonds is 0. The third-order valence-electron chi connectivity index (χ3n) is 18.6. The second-order valence-corrected chi connectivity index (χ2v) is 30.1. The Labute approximate surface area is 690 Å². The third kappa shape index (κ3) is 63.4. The average molecular weight is 1590 g/mol. The quantitative estimate of drug-likeness (QED) is 0.105. The predicted octanol–water partition coefficient (Wildman–Crippen LogP) is 12.2. The van der Waals surface area contributed by atoms with Crippen LogP contribution < -0.4 is 21.4 Å². The van der Waals surface area contributed by atoms with Crippen molar-refractivity contribution >= 4 is 36.2 Å². The number of amides is 3. The first-order valence-corrected chi connectivity index (χ1v) is 38.6. The predicted molar refractivity (Wildman–Crippen MR) is 495 cm³/mol. The Kier molecular flexibility index (Phi) is 86.6. The topological polar surface area (TPSA) is 216 Å². The van der Waals surface area contributed by atoms with Crippen molar-refractivity contribution in [3.05, 3.63) is 47.5 Å². The maximum Gasteiger partial charge on any atom is 0.261 e. The lowest BCUT2D eigenvalue weighted by atomic mass is 10.1. The molecule has 13 aliphatic rings. The number of aliphatic hydroxyl groups excluding tert-OH is 2. The summed E-state index contributed by atoms with van der Waals surface area (Å²) in [7, 11) is 24.6. The lowest BCUT2D eigenvalue weighted by molar-refractivity contribution is -0.124. The summed E-state index contributed by atoms with van der Waals surface area (Å²) in [5.74, 6) is 2.15. The van der Waals surface area contributed by atoms with E-state index in [9.17, 15) is 14.4 Å². The molecular formula is C87H193N19O5. The van der Waals surface area contributed by atoms with Crippen molar-refractivity contribution < 1.29 is 24.6 Å². The fraction of sp³-hybridized carbons (Fsp3) is 0.839. The van der Waals surface area contributed by atoms with E-state index in [-0.39, 0.29) is 103 Å². The van der Waals surface area contributed by atoms with Crippen LogP contribution in [-0.2, 0) is 4.79 Å². The monoisotopic (exact) mass is 1580 g/mol. The summed E-state index contributed by atoms with van der Waals surface area (Å²) in [5.41, 5.74) is 4.32. The van der Waals surface area contributed by atoms with Gasteiger partial charge in [-0.05, 0) is 199 Å². The molecule has 13 heterocycles. The SMILES string of the molecule is C.C.C.C.C.C.C.C.C.C.CC.CC1=NCCN1C.CC1CCCCNC1=O.CC1CCNC1.CC1CN(C)CC(C)N1.CN1C(=O)c2ccccc2C1=O.CN1C=NC(C)(C)C1.CN1C=NCCC1.CN1CC(O)C(O)C1.CN1CC=CC1.CN1CCCC1.CN1CCCCC1.CN1CCCN1.CN1CCN(C)CC1. The van der Waals surface area contributed by atoms with Crippen molar-refractivity contribution in [1.82, 2.24) is 80.3 Å². The summed E-state index contributed by atoms with van der Waals surface area (Å²) in [6.45, 7) is 46.1. The van der Waals surface area contributed by atoms with Gasteiger partial charge >= 0.3 is 0 Å². The molecule has 1 aromatic carbocycles. The minimum absolute atomic E-state index is 0. The molecule has 14 rings (SSSR count). The van der Waals surface area contributed by atoms with Gasteiger partial charge in [-0.2, -0.15) is 0 Å². The number of nitrogens with zero attached hydrogens (tertiary/aromatic N) is 15. The van der Waals surface area contributed by atoms with Crippen LogP contribution in [0.4, 0.5) is 0 Å². The zero-order valence-corrected chi connectivity index (χ0v) is 68.2. The van der Waals surface area contributed by atoms with Crippen molar-refractivity contribution in [2.75, 3.05) is 242 Å². The Balaban J connectivity index is -0.000000124. The minimum atomic E-state index is -0.528. The van der Waals surface area contributed by atoms with Crippen LogP contribution in [0.2, 0.25) is 0 Å². The van der Waals surface area contributed by atoms with Crippen LogP contribution in [0.25, 0.3) is 0 Å². The van der Waals surface area contributed by atoms with Gasteiger partial charge < -0.3 is 70.3 Å². The lowest BCUT2D eigenvalue weighted by Crippen LogP contribution is -2.52. The van der Waals surface area contributed by atoms with E-state index in [0.717, 1.165) is 76.0 Å². The number of carbonyl (C=O) groups is 3. The van der Waals surface area contributed by atoms with E-state index in [0.29, 0.717) is 36.3 Å². The van der Waals surface area contributed by atoms with E-state index in [1.165, 1.54) is 162 Å². The Bertz CT molecular complexity index is 2270. The number of aliphatic hydroxyl groups is 2. The summed E-state index contributed by atoms with van der Waals surface area (Å²) in [4.78, 5) is 69.5. The number of hydrogen-bond acceptors (Lipinski definition) is 22. The van der Waals surface area contributed by atoms with E-state index in [1.54, 1.807) is 24.3 Å². The molecule has 111 heavy (non-hydrogen) atoms. The van der Waals surface area contributed by atoms with Crippen LogP contribution in [0, 0.1) is 11.8 Å². The maximum atomic E-state index is 11.3. The number of carbonyl (C=O) groups excluding carboxylic acids is 3. The molecule has 6 unspecified atom stereocenters. The van der Waals surface area contributed by atoms with Gasteiger partial charge in [-0.1, -0.05) is 139 Å². The molecule has 0 spiro atoms. The molecule has 3 amide bonds. The average Bonchev–Trinajstić information content (AvgIpc) is 1.65. The van der Waals surface area contributed by atoms with Crippen molar-refractivity contribution in [2.45, 2.75) is 237 Å². The van der Waals surface area contributed by atoms with Crippen LogP contribution in [0.15, 0.2) is 51.4 Å². The number of benzene rings is 1. The summed E-state index contributed by atoms with van der Waals surface area (Å²) in [6.07, 6.45) is 21.5. The van der Waals surface area contributed by atoms with E-state index < -0.39 is 12.2 Å². The number of hydrogen-bond donors (Lipinski definition) is 6. The van der Waals surface area contributed by atoms with Crippen LogP contribution >= 0.6 is 0 Å². The number of likely N-dealkylation sites (tertiary alicyclic amines) is 3. The number of hydrazine groups is 1. The summed E-state index contributed by atoms with van der Waals surface area (Å²) in [6, 6.07) is 8.17. The fourth-order valence-corrected chi connectivity index (χ4v) is 12.1. The van der Waals surface area contributed by atoms with Crippen LogP contribution in [0.1, 0.15) is 228 Å². The van der Waals surface area contributed by atoms with E-state index in [1.807, 2.05) is 66.4 Å². The number of amidine groups is 1. The number of aliphatic imine (C=N–C) groups is 3. The van der Waals surface area contributed by atoms with Gasteiger partial charge in [-0.15, -0.1) is 0 Å². The number of piperidine rings is 1. The zero-order chi connectivity index (χ0) is 75.7. The van der Waals surface area contributed by atoms with E-state index in [2.05, 4.69) is 189 Å². The number of piperazine rings is 2. The van der Waals surface area contributed by atoms with Gasteiger partial charge in [0.25, 0.3) is 11.8 Å². The molecule has 6 atom stereocenters. The zero-order valence-electron chi connectivity index (χ0n) is 68.2. The van der Waals surface area contributed by atoms with Gasteiger partial charge in [0.1, 0.15) is 0 Å². The van der Waals surface area contributed by atoms with Gasteiger partial charge in [-0.3, -0.25) is 44.6 Å². The highest BCUT2D eigenvalue weighted by molar-refractivity contribution is 6.21. The smallest absolute Gasteiger partial charge is 0.261 e. The second-order valence-electron chi connectivity index (χ2n) is 30.1. The summed E-state index contributed by atoms with van der Waals surface area (Å²) in [5, 5.41) is 29.5. The molecule has 24 heteroatoms. The first kappa shape index (κ1) is 127. The Morgan fingerprint density at radius 1 is 0.477 bits per heavy atom. The highest BCUT2D eigenvalue weighted by atomic mass is 16.3. The number of likely N-dealkylation sites (N-methyl/N-ethyl adjacent to an activating group) is 7. The molecule has 6 N–H and O–H groups in total. The van der Waals surface area contributed by atoms with Gasteiger partial charge in [0.05, 0.1) is 53.9 Å². The molecule has 24 nitrogen and oxygen atoms in total. The lowest BCUT2D eigenvalue weighted by Gasteiger charge is -2.33. The van der Waals surface area contributed by atoms with Crippen LogP contribution in [0.5, 0.6) is 0 Å². The largest absolute Gasteiger partial charge is 0.389 e. The number of imide groups is 1. The van der Waals surface area contributed by atoms with Crippen LogP contribution in [-0.4, -0.2) is 377 Å². The summed E-state index contributed by atoms with van der Waals surface area (Å²) >= 11 is 0. The normalized spacial score (nSPS) is 23.8. The highest BCUT2D eigenvalue weighted by Gasteiger charge is 2.32. The van der Waals surface area contributed by atoms with Gasteiger partial charge in [0.15, 0.2) is 0 Å². The molecule has 8 saturated heterocycles. The minimum Gasteiger partial charge on any atom is -0.389 e. The highest BCUT2D eigenvalue weighted by Crippen LogP contribution is 2.20. The number of nitrogens with one attached hydrogen (secondary N) is 4. The van der Waals surface area contributed by atoms with Crippen molar-refractivity contribution in [3.63, 3.8) is 0 Å². The molecule has 0 radical (unpaired) electrons. The third-order valence-corrected chi connectivity index (χ3v) is 18.6. The van der Waals surface area contributed by atoms with Gasteiger partial charge in [0.2, 0.25) is 5.91 Å². The van der Waals surface area contributed by atoms with Crippen molar-refractivity contribution in [3.8, 4) is 0 Å². The second kappa shape index (κ2) is 75.5. The number of fused-ring (bicyclic) bond motifs is 1. The Morgan fingerprint density at radius 3 is 1.19 bits per heavy atom. The molecule has 0 aliphatic carbocycles. The molecule has 13 aliphatic heterocycles. The molecular weight excluding hydrogens is 1390 g/mol. The maximum absolute atomic E-state index is 11.3. The molecule has 8 fully saturated rings. The van der Waals surface area contributed by atoms with Crippen molar-refractivity contribution in [2.24, 2.45) is 26.8 Å². The standard InChI is InChI=1S/C9H7NO2.C7H16N2.C7H13NO.C6H12N2.C6H14N2.C6H13N.2C5H10N2.C5H11NO2.2C5H11N.C5H9N.C4H10N2.C2H6.10CH4/c1-10-8(11)6-4-2-3-5-7(6)9(10)12;1-6-4-9(3)5-7(2)8-6;1-6-4-2-3-5-8-7(6)9;1-6(2)4-8(3)5-7-6;1-7-3-5-8(2)6-4-7;1-7-5-3-2-4-6-7;1-5-6-3-4-7(5)2;1-7-4-2-3-6-5-7;1-6-2-4(7)5(8)3-6;1-5-2-3-6-4-5;3*1-6-4-2-3-5-6;1-2;;;;;;;;;;/h2-5H,1H3;6-8H,4-5H2,1-3H3;6H,2-5H2,1H3,(H,8,9);5H,4H2,1-3H3;3-6H2,1-2H3;2-6H2,1H3;3-4H2,1-2H3;5H,2-4H2,1H3;4-5,7-8H,2-3H2,1H3;5-6H,2-4H2,1H3;2-5H2,1H3;2-3H,4-5H2,1H3;5H,2-4H2,1H3;1-2H3;10*1H4. The van der Waals surface area contributed by atoms with E-state index >= 15 is 0 Å². The number of β-amino-alcohol motifs (C(OH)–C–C–N with tert-alkyl or cyclic N) is 2. The Morgan fingerprint density at radius 2 is 0.946 bits per heavy atom. The Hall–Kier alpha value is -4.54. The fourth-order valence-electron chi connectivity index (χ4n) is 12.1. The molecule has 0 saturated carbocycles. The van der Waals surface area contributed by atoms with Crippen LogP contribution in [0.3, 0.4) is 0 Å². The molecule has 0 bridgehead atoms. The van der Waals surface area contributed by atoms with Gasteiger partial charge in [-0.25, -0.2) is 5.01 Å². The first-order chi connectivity index (χ1) is 48.0. The first-order valence-electron chi connectivity index (χ1n) is 38.6. The van der Waals surface area contributed by atoms with Gasteiger partial charge in [0, 0.05) is 165 Å².